The summed E-state index contributed by atoms with van der Waals surface area (Å²) in [7, 11) is 1.51. The fourth-order valence-electron chi connectivity index (χ4n) is 3.37. The molecule has 0 amide bonds. The molecule has 8 nitrogen and oxygen atoms in total. The maximum atomic E-state index is 13.1. The van der Waals surface area contributed by atoms with Gasteiger partial charge in [0, 0.05) is 17.8 Å². The summed E-state index contributed by atoms with van der Waals surface area (Å²) in [5.74, 6) is 0. The minimum Gasteiger partial charge on any atom is -0.467 e. The van der Waals surface area contributed by atoms with E-state index < -0.39 is 0 Å². The van der Waals surface area contributed by atoms with Crippen LogP contribution >= 0.6 is 0 Å². The third kappa shape index (κ3) is 3.14. The van der Waals surface area contributed by atoms with E-state index in [-0.39, 0.29) is 11.7 Å². The van der Waals surface area contributed by atoms with E-state index in [0.717, 1.165) is 22.2 Å². The molecule has 30 heavy (non-hydrogen) atoms. The topological polar surface area (TPSA) is 79.8 Å². The van der Waals surface area contributed by atoms with E-state index in [1.807, 2.05) is 66.9 Å². The molecule has 0 radical (unpaired) electrons. The van der Waals surface area contributed by atoms with Gasteiger partial charge in [0.15, 0.2) is 0 Å². The normalized spacial score (nSPS) is 11.1. The van der Waals surface area contributed by atoms with Crippen LogP contribution < -0.4 is 10.4 Å². The highest BCUT2D eigenvalue weighted by Crippen LogP contribution is 2.19. The Morgan fingerprint density at radius 2 is 1.83 bits per heavy atom. The molecule has 5 rings (SSSR count). The maximum Gasteiger partial charge on any atom is 0.353 e. The predicted molar refractivity (Wildman–Crippen MR) is 112 cm³/mol. The number of aromatic nitrogens is 6. The highest BCUT2D eigenvalue weighted by molar-refractivity contribution is 5.80. The first-order valence-electron chi connectivity index (χ1n) is 9.41. The molecule has 8 heteroatoms. The van der Waals surface area contributed by atoms with Crippen molar-refractivity contribution in [3.05, 3.63) is 95.3 Å². The third-order valence-electron chi connectivity index (χ3n) is 4.84. The van der Waals surface area contributed by atoms with Gasteiger partial charge in [0.05, 0.1) is 36.7 Å². The molecule has 148 valence electrons. The smallest absolute Gasteiger partial charge is 0.353 e. The standard InChI is InChI=1S/C22H18N6O2/c1-30-21-25-28(22(29)26(21)14-16-6-3-2-4-7-16)18-9-10-20-17(12-18)15-27(24-20)19-8-5-11-23-13-19/h2-13,15H,14H2,1H3. The first kappa shape index (κ1) is 17.9. The van der Waals surface area contributed by atoms with Gasteiger partial charge in [-0.05, 0) is 35.9 Å². The molecule has 0 unspecified atom stereocenters. The zero-order chi connectivity index (χ0) is 20.5. The third-order valence-corrected chi connectivity index (χ3v) is 4.84. The summed E-state index contributed by atoms with van der Waals surface area (Å²) >= 11 is 0. The molecule has 0 aliphatic rings. The number of benzene rings is 2. The summed E-state index contributed by atoms with van der Waals surface area (Å²) in [4.78, 5) is 17.2. The van der Waals surface area contributed by atoms with Crippen molar-refractivity contribution in [3.63, 3.8) is 0 Å². The zero-order valence-electron chi connectivity index (χ0n) is 16.2. The van der Waals surface area contributed by atoms with Crippen LogP contribution in [0.25, 0.3) is 22.3 Å². The number of rotatable bonds is 5. The minimum absolute atomic E-state index is 0.259. The Morgan fingerprint density at radius 3 is 2.60 bits per heavy atom. The van der Waals surface area contributed by atoms with Crippen LogP contribution in [-0.4, -0.2) is 36.2 Å². The molecule has 0 aliphatic heterocycles. The zero-order valence-corrected chi connectivity index (χ0v) is 16.2. The van der Waals surface area contributed by atoms with Gasteiger partial charge in [-0.15, -0.1) is 5.10 Å². The molecule has 0 N–H and O–H groups in total. The van der Waals surface area contributed by atoms with E-state index in [1.165, 1.54) is 16.4 Å². The van der Waals surface area contributed by atoms with Crippen LogP contribution in [0.3, 0.4) is 0 Å². The summed E-state index contributed by atoms with van der Waals surface area (Å²) in [5, 5.41) is 9.84. The number of hydrogen-bond acceptors (Lipinski definition) is 5. The van der Waals surface area contributed by atoms with Crippen molar-refractivity contribution in [2.45, 2.75) is 6.54 Å². The Morgan fingerprint density at radius 1 is 0.967 bits per heavy atom. The second-order valence-corrected chi connectivity index (χ2v) is 6.78. The van der Waals surface area contributed by atoms with Gasteiger partial charge < -0.3 is 4.74 Å². The molecule has 0 saturated heterocycles. The van der Waals surface area contributed by atoms with Crippen molar-refractivity contribution in [1.82, 2.24) is 29.1 Å². The number of methoxy groups -OCH3 is 1. The Labute approximate surface area is 171 Å². The molecule has 2 aromatic carbocycles. The molecule has 0 aliphatic carbocycles. The Kier molecular flexibility index (Phi) is 4.36. The van der Waals surface area contributed by atoms with Crippen LogP contribution in [0.5, 0.6) is 6.01 Å². The van der Waals surface area contributed by atoms with Crippen LogP contribution in [0.1, 0.15) is 5.56 Å². The highest BCUT2D eigenvalue weighted by Gasteiger charge is 2.16. The summed E-state index contributed by atoms with van der Waals surface area (Å²) in [6.45, 7) is 0.379. The average Bonchev–Trinajstić information content (AvgIpc) is 3.36. The SMILES string of the molecule is COc1nn(-c2ccc3nn(-c4cccnc4)cc3c2)c(=O)n1Cc1ccccc1. The van der Waals surface area contributed by atoms with E-state index >= 15 is 0 Å². The maximum absolute atomic E-state index is 13.1. The molecular weight excluding hydrogens is 380 g/mol. The number of hydrogen-bond donors (Lipinski definition) is 0. The van der Waals surface area contributed by atoms with E-state index in [1.54, 1.807) is 17.1 Å². The largest absolute Gasteiger partial charge is 0.467 e. The quantitative estimate of drug-likeness (QED) is 0.455. The average molecular weight is 398 g/mol. The predicted octanol–water partition coefficient (Wildman–Crippen LogP) is 2.82. The molecule has 0 spiro atoms. The lowest BCUT2D eigenvalue weighted by Crippen LogP contribution is -2.24. The molecule has 3 aromatic heterocycles. The highest BCUT2D eigenvalue weighted by atomic mass is 16.5. The van der Waals surface area contributed by atoms with Crippen molar-refractivity contribution in [2.75, 3.05) is 7.11 Å². The van der Waals surface area contributed by atoms with Crippen LogP contribution in [0.4, 0.5) is 0 Å². The van der Waals surface area contributed by atoms with Crippen LogP contribution in [0.15, 0.2) is 84.0 Å². The molecule has 0 saturated carbocycles. The summed E-state index contributed by atoms with van der Waals surface area (Å²) in [5.41, 5.74) is 3.04. The van der Waals surface area contributed by atoms with Crippen LogP contribution in [0.2, 0.25) is 0 Å². The van der Waals surface area contributed by atoms with Gasteiger partial charge in [-0.2, -0.15) is 9.78 Å². The monoisotopic (exact) mass is 398 g/mol. The lowest BCUT2D eigenvalue weighted by Gasteiger charge is -2.03. The number of nitrogens with zero attached hydrogens (tertiary/aromatic N) is 6. The summed E-state index contributed by atoms with van der Waals surface area (Å²) < 4.78 is 9.98. The van der Waals surface area contributed by atoms with E-state index in [0.29, 0.717) is 12.2 Å². The molecule has 3 heterocycles. The van der Waals surface area contributed by atoms with Crippen molar-refractivity contribution in [3.8, 4) is 17.4 Å². The molecule has 0 bridgehead atoms. The van der Waals surface area contributed by atoms with Gasteiger partial charge in [-0.25, -0.2) is 14.0 Å². The Bertz CT molecular complexity index is 1370. The minimum atomic E-state index is -0.269. The first-order chi connectivity index (χ1) is 14.7. The van der Waals surface area contributed by atoms with E-state index in [9.17, 15) is 4.79 Å². The summed E-state index contributed by atoms with van der Waals surface area (Å²) in [6, 6.07) is 19.4. The lowest BCUT2D eigenvalue weighted by atomic mass is 10.2. The lowest BCUT2D eigenvalue weighted by molar-refractivity contribution is 0.357. The summed E-state index contributed by atoms with van der Waals surface area (Å²) in [6.07, 6.45) is 5.36. The molecular formula is C22H18N6O2. The fraction of sp³-hybridized carbons (Fsp3) is 0.0909. The van der Waals surface area contributed by atoms with Gasteiger partial charge >= 0.3 is 11.7 Å². The van der Waals surface area contributed by atoms with Gasteiger partial charge in [-0.1, -0.05) is 30.3 Å². The number of fused-ring (bicyclic) bond motifs is 1. The molecule has 5 aromatic rings. The number of pyridine rings is 1. The molecule has 0 atom stereocenters. The fourth-order valence-corrected chi connectivity index (χ4v) is 3.37. The van der Waals surface area contributed by atoms with Crippen molar-refractivity contribution >= 4 is 10.9 Å². The second kappa shape index (κ2) is 7.32. The van der Waals surface area contributed by atoms with E-state index in [2.05, 4.69) is 15.2 Å². The van der Waals surface area contributed by atoms with Crippen molar-refractivity contribution in [2.24, 2.45) is 0 Å². The Balaban J connectivity index is 1.56. The van der Waals surface area contributed by atoms with E-state index in [4.69, 9.17) is 4.74 Å². The molecule has 0 fully saturated rings. The van der Waals surface area contributed by atoms with Gasteiger partial charge in [0.2, 0.25) is 0 Å². The second-order valence-electron chi connectivity index (χ2n) is 6.78. The van der Waals surface area contributed by atoms with Crippen LogP contribution in [0, 0.1) is 0 Å². The van der Waals surface area contributed by atoms with Crippen molar-refractivity contribution < 1.29 is 4.74 Å². The van der Waals surface area contributed by atoms with Crippen molar-refractivity contribution in [1.29, 1.82) is 0 Å². The van der Waals surface area contributed by atoms with Crippen LogP contribution in [-0.2, 0) is 6.54 Å². The number of ether oxygens (including phenoxy) is 1. The van der Waals surface area contributed by atoms with Gasteiger partial charge in [0.25, 0.3) is 0 Å². The van der Waals surface area contributed by atoms with Gasteiger partial charge in [0.1, 0.15) is 0 Å². The van der Waals surface area contributed by atoms with Gasteiger partial charge in [-0.3, -0.25) is 4.98 Å². The Hall–Kier alpha value is -4.20. The first-order valence-corrected chi connectivity index (χ1v) is 9.41.